The van der Waals surface area contributed by atoms with Crippen LogP contribution in [0.1, 0.15) is 49.0 Å². The van der Waals surface area contributed by atoms with E-state index in [9.17, 15) is 8.42 Å². The lowest BCUT2D eigenvalue weighted by Gasteiger charge is -2.33. The highest BCUT2D eigenvalue weighted by atomic mass is 32.2. The summed E-state index contributed by atoms with van der Waals surface area (Å²) in [6.07, 6.45) is 3.16. The SMILES string of the molecule is CC(C)c1noc(CN2CCN(S(=O)(=O)c3ccc4c(c3)CCC4)CC2)n1. The number of fused-ring (bicyclic) bond motifs is 1. The molecule has 0 spiro atoms. The van der Waals surface area contributed by atoms with Gasteiger partial charge >= 0.3 is 0 Å². The zero-order valence-corrected chi connectivity index (χ0v) is 16.7. The quantitative estimate of drug-likeness (QED) is 0.779. The van der Waals surface area contributed by atoms with Gasteiger partial charge in [-0.05, 0) is 42.5 Å². The van der Waals surface area contributed by atoms with Gasteiger partial charge in [-0.3, -0.25) is 4.90 Å². The Morgan fingerprint density at radius 3 is 2.56 bits per heavy atom. The van der Waals surface area contributed by atoms with E-state index in [2.05, 4.69) is 15.0 Å². The lowest BCUT2D eigenvalue weighted by molar-refractivity contribution is 0.163. The van der Waals surface area contributed by atoms with Gasteiger partial charge in [0, 0.05) is 32.1 Å². The molecule has 1 fully saturated rings. The Kier molecular flexibility index (Phi) is 5.05. The van der Waals surface area contributed by atoms with Gasteiger partial charge in [-0.1, -0.05) is 25.1 Å². The number of hydrogen-bond acceptors (Lipinski definition) is 6. The molecule has 0 unspecified atom stereocenters. The minimum atomic E-state index is -3.43. The fourth-order valence-electron chi connectivity index (χ4n) is 3.74. The summed E-state index contributed by atoms with van der Waals surface area (Å²) in [6.45, 7) is 6.88. The Morgan fingerprint density at radius 1 is 1.11 bits per heavy atom. The molecule has 146 valence electrons. The maximum Gasteiger partial charge on any atom is 0.243 e. The Morgan fingerprint density at radius 2 is 1.85 bits per heavy atom. The van der Waals surface area contributed by atoms with Crippen LogP contribution in [0.15, 0.2) is 27.6 Å². The van der Waals surface area contributed by atoms with Gasteiger partial charge < -0.3 is 4.52 Å². The van der Waals surface area contributed by atoms with Gasteiger partial charge in [-0.2, -0.15) is 9.29 Å². The molecule has 0 amide bonds. The van der Waals surface area contributed by atoms with E-state index < -0.39 is 10.0 Å². The van der Waals surface area contributed by atoms with Crippen molar-refractivity contribution in [2.45, 2.75) is 50.5 Å². The van der Waals surface area contributed by atoms with Gasteiger partial charge in [0.1, 0.15) is 0 Å². The highest BCUT2D eigenvalue weighted by molar-refractivity contribution is 7.89. The second-order valence-corrected chi connectivity index (χ2v) is 9.60. The van der Waals surface area contributed by atoms with Crippen LogP contribution in [0, 0.1) is 0 Å². The molecule has 8 heteroatoms. The van der Waals surface area contributed by atoms with E-state index in [0.29, 0.717) is 49.3 Å². The first-order valence-electron chi connectivity index (χ1n) is 9.60. The predicted molar refractivity (Wildman–Crippen MR) is 101 cm³/mol. The van der Waals surface area contributed by atoms with Crippen molar-refractivity contribution in [3.63, 3.8) is 0 Å². The van der Waals surface area contributed by atoms with E-state index in [1.165, 1.54) is 11.1 Å². The molecule has 0 bridgehead atoms. The van der Waals surface area contributed by atoms with Crippen molar-refractivity contribution in [2.24, 2.45) is 0 Å². The Labute approximate surface area is 160 Å². The summed E-state index contributed by atoms with van der Waals surface area (Å²) in [4.78, 5) is 6.99. The lowest BCUT2D eigenvalue weighted by Crippen LogP contribution is -2.48. The third-order valence-electron chi connectivity index (χ3n) is 5.40. The molecule has 2 aromatic rings. The van der Waals surface area contributed by atoms with Crippen LogP contribution in [0.25, 0.3) is 0 Å². The van der Waals surface area contributed by atoms with Gasteiger partial charge in [0.05, 0.1) is 11.4 Å². The number of sulfonamides is 1. The average molecular weight is 391 g/mol. The van der Waals surface area contributed by atoms with Crippen LogP contribution in [0.5, 0.6) is 0 Å². The van der Waals surface area contributed by atoms with Crippen LogP contribution in [0.4, 0.5) is 0 Å². The van der Waals surface area contributed by atoms with Crippen molar-refractivity contribution < 1.29 is 12.9 Å². The third-order valence-corrected chi connectivity index (χ3v) is 7.29. The molecule has 1 aliphatic carbocycles. The number of piperazine rings is 1. The van der Waals surface area contributed by atoms with Gasteiger partial charge in [0.2, 0.25) is 15.9 Å². The van der Waals surface area contributed by atoms with Gasteiger partial charge in [0.15, 0.2) is 5.82 Å². The number of aryl methyl sites for hydroxylation is 2. The second kappa shape index (κ2) is 7.33. The van der Waals surface area contributed by atoms with Gasteiger partial charge in [0.25, 0.3) is 0 Å². The monoisotopic (exact) mass is 390 g/mol. The average Bonchev–Trinajstić information content (AvgIpc) is 3.30. The maximum absolute atomic E-state index is 13.0. The van der Waals surface area contributed by atoms with Crippen LogP contribution in [0.3, 0.4) is 0 Å². The van der Waals surface area contributed by atoms with E-state index in [4.69, 9.17) is 4.52 Å². The molecule has 1 aliphatic heterocycles. The van der Waals surface area contributed by atoms with Crippen LogP contribution >= 0.6 is 0 Å². The number of hydrogen-bond donors (Lipinski definition) is 0. The zero-order valence-electron chi connectivity index (χ0n) is 15.9. The standard InChI is InChI=1S/C19H26N4O3S/c1-14(2)19-20-18(26-21-19)13-22-8-10-23(11-9-22)27(24,25)17-7-6-15-4-3-5-16(15)12-17/h6-7,12,14H,3-5,8-11,13H2,1-2H3. The summed E-state index contributed by atoms with van der Waals surface area (Å²) in [7, 11) is -3.43. The van der Waals surface area contributed by atoms with E-state index >= 15 is 0 Å². The molecule has 2 heterocycles. The molecular formula is C19H26N4O3S. The minimum Gasteiger partial charge on any atom is -0.338 e. The Balaban J connectivity index is 1.39. The van der Waals surface area contributed by atoms with Crippen molar-refractivity contribution in [1.29, 1.82) is 0 Å². The van der Waals surface area contributed by atoms with Crippen molar-refractivity contribution in [1.82, 2.24) is 19.3 Å². The molecule has 7 nitrogen and oxygen atoms in total. The first-order chi connectivity index (χ1) is 12.9. The normalized spacial score (nSPS) is 18.9. The molecule has 1 aromatic carbocycles. The van der Waals surface area contributed by atoms with E-state index in [1.807, 2.05) is 26.0 Å². The Hall–Kier alpha value is -1.77. The van der Waals surface area contributed by atoms with Gasteiger partial charge in [-0.15, -0.1) is 0 Å². The largest absolute Gasteiger partial charge is 0.338 e. The maximum atomic E-state index is 13.0. The van der Waals surface area contributed by atoms with E-state index in [1.54, 1.807) is 10.4 Å². The summed E-state index contributed by atoms with van der Waals surface area (Å²) in [6, 6.07) is 5.61. The van der Waals surface area contributed by atoms with Crippen molar-refractivity contribution in [2.75, 3.05) is 26.2 Å². The molecular weight excluding hydrogens is 364 g/mol. The Bertz CT molecular complexity index is 915. The highest BCUT2D eigenvalue weighted by Gasteiger charge is 2.30. The van der Waals surface area contributed by atoms with Crippen molar-refractivity contribution in [3.8, 4) is 0 Å². The molecule has 0 atom stereocenters. The molecule has 0 N–H and O–H groups in total. The van der Waals surface area contributed by atoms with E-state index in [0.717, 1.165) is 19.3 Å². The summed E-state index contributed by atoms with van der Waals surface area (Å²) >= 11 is 0. The van der Waals surface area contributed by atoms with E-state index in [-0.39, 0.29) is 5.92 Å². The fraction of sp³-hybridized carbons (Fsp3) is 0.579. The predicted octanol–water partition coefficient (Wildman–Crippen LogP) is 2.19. The highest BCUT2D eigenvalue weighted by Crippen LogP contribution is 2.27. The van der Waals surface area contributed by atoms with Crippen LogP contribution in [-0.2, 0) is 29.4 Å². The summed E-state index contributed by atoms with van der Waals surface area (Å²) in [5, 5.41) is 3.98. The number of nitrogens with zero attached hydrogens (tertiary/aromatic N) is 4. The summed E-state index contributed by atoms with van der Waals surface area (Å²) < 4.78 is 32.9. The summed E-state index contributed by atoms with van der Waals surface area (Å²) in [5.41, 5.74) is 2.48. The fourth-order valence-corrected chi connectivity index (χ4v) is 5.22. The van der Waals surface area contributed by atoms with Crippen LogP contribution in [-0.4, -0.2) is 53.9 Å². The molecule has 0 saturated carbocycles. The minimum absolute atomic E-state index is 0.233. The molecule has 1 aromatic heterocycles. The second-order valence-electron chi connectivity index (χ2n) is 7.67. The van der Waals surface area contributed by atoms with Crippen LogP contribution in [0.2, 0.25) is 0 Å². The molecule has 0 radical (unpaired) electrons. The number of benzene rings is 1. The zero-order chi connectivity index (χ0) is 19.0. The number of rotatable bonds is 5. The third kappa shape index (κ3) is 3.79. The first kappa shape index (κ1) is 18.6. The van der Waals surface area contributed by atoms with Crippen molar-refractivity contribution in [3.05, 3.63) is 41.0 Å². The first-order valence-corrected chi connectivity index (χ1v) is 11.0. The molecule has 4 rings (SSSR count). The molecule has 27 heavy (non-hydrogen) atoms. The molecule has 1 saturated heterocycles. The topological polar surface area (TPSA) is 79.5 Å². The number of aromatic nitrogens is 2. The summed E-state index contributed by atoms with van der Waals surface area (Å²) in [5.74, 6) is 1.54. The lowest BCUT2D eigenvalue weighted by atomic mass is 10.1. The van der Waals surface area contributed by atoms with Gasteiger partial charge in [-0.25, -0.2) is 8.42 Å². The smallest absolute Gasteiger partial charge is 0.243 e. The molecule has 2 aliphatic rings. The van der Waals surface area contributed by atoms with Crippen LogP contribution < -0.4 is 0 Å². The van der Waals surface area contributed by atoms with Crippen molar-refractivity contribution >= 4 is 10.0 Å².